The molecule has 2 nitrogen and oxygen atoms in total. The van der Waals surface area contributed by atoms with Crippen LogP contribution in [0.15, 0.2) is 18.2 Å². The normalized spacial score (nSPS) is 11.3. The molecule has 2 aromatic rings. The highest BCUT2D eigenvalue weighted by Crippen LogP contribution is 2.26. The van der Waals surface area contributed by atoms with E-state index in [-0.39, 0.29) is 0 Å². The van der Waals surface area contributed by atoms with Crippen molar-refractivity contribution in [1.82, 2.24) is 9.88 Å². The van der Waals surface area contributed by atoms with Crippen LogP contribution in [0.3, 0.4) is 0 Å². The average molecular weight is 230 g/mol. The Hall–Kier alpha value is -1.28. The molecule has 0 saturated heterocycles. The van der Waals surface area contributed by atoms with Gasteiger partial charge in [0.25, 0.3) is 0 Å². The maximum atomic E-state index is 3.21. The van der Waals surface area contributed by atoms with Gasteiger partial charge in [0.1, 0.15) is 0 Å². The van der Waals surface area contributed by atoms with E-state index in [0.29, 0.717) is 0 Å². The number of benzene rings is 1. The largest absolute Gasteiger partial charge is 0.347 e. The first kappa shape index (κ1) is 12.2. The smallest absolute Gasteiger partial charge is 0.0482 e. The van der Waals surface area contributed by atoms with Crippen molar-refractivity contribution >= 4 is 10.9 Å². The molecule has 2 heteroatoms. The second-order valence-electron chi connectivity index (χ2n) is 4.86. The molecular weight excluding hydrogens is 208 g/mol. The van der Waals surface area contributed by atoms with Crippen molar-refractivity contribution in [2.24, 2.45) is 7.05 Å². The minimum atomic E-state index is 1.08. The van der Waals surface area contributed by atoms with Crippen molar-refractivity contribution in [2.75, 3.05) is 13.6 Å². The van der Waals surface area contributed by atoms with Crippen LogP contribution < -0.4 is 5.32 Å². The zero-order chi connectivity index (χ0) is 12.4. The van der Waals surface area contributed by atoms with E-state index < -0.39 is 0 Å². The van der Waals surface area contributed by atoms with E-state index in [4.69, 9.17) is 0 Å². The van der Waals surface area contributed by atoms with E-state index in [0.717, 1.165) is 13.0 Å². The lowest BCUT2D eigenvalue weighted by molar-refractivity contribution is 0.696. The molecular formula is C15H22N2. The Morgan fingerprint density at radius 2 is 2.00 bits per heavy atom. The second-order valence-corrected chi connectivity index (χ2v) is 4.86. The van der Waals surface area contributed by atoms with Crippen LogP contribution in [-0.4, -0.2) is 18.2 Å². The molecule has 0 radical (unpaired) electrons. The van der Waals surface area contributed by atoms with Gasteiger partial charge in [-0.15, -0.1) is 0 Å². The van der Waals surface area contributed by atoms with E-state index in [9.17, 15) is 0 Å². The van der Waals surface area contributed by atoms with E-state index in [1.807, 2.05) is 7.05 Å². The Labute approximate surface area is 104 Å². The highest BCUT2D eigenvalue weighted by Gasteiger charge is 2.10. The van der Waals surface area contributed by atoms with Crippen LogP contribution in [-0.2, 0) is 13.5 Å². The van der Waals surface area contributed by atoms with Gasteiger partial charge in [-0.3, -0.25) is 0 Å². The third kappa shape index (κ3) is 2.22. The summed E-state index contributed by atoms with van der Waals surface area (Å²) in [4.78, 5) is 0. The van der Waals surface area contributed by atoms with Crippen molar-refractivity contribution in [1.29, 1.82) is 0 Å². The quantitative estimate of drug-likeness (QED) is 0.799. The van der Waals surface area contributed by atoms with Crippen molar-refractivity contribution < 1.29 is 0 Å². The minimum Gasteiger partial charge on any atom is -0.347 e. The molecule has 0 unspecified atom stereocenters. The molecule has 0 fully saturated rings. The fourth-order valence-corrected chi connectivity index (χ4v) is 2.58. The SMILES string of the molecule is CNCCCc1c(C)c2cc(C)ccc2n1C. The standard InChI is InChI=1S/C15H22N2/c1-11-7-8-15-13(10-11)12(2)14(17(15)4)6-5-9-16-3/h7-8,10,16H,5-6,9H2,1-4H3. The van der Waals surface area contributed by atoms with Crippen LogP contribution >= 0.6 is 0 Å². The molecule has 1 aromatic carbocycles. The van der Waals surface area contributed by atoms with E-state index in [1.165, 1.54) is 34.1 Å². The predicted octanol–water partition coefficient (Wildman–Crippen LogP) is 2.95. The van der Waals surface area contributed by atoms with Crippen LogP contribution in [0, 0.1) is 13.8 Å². The Morgan fingerprint density at radius 3 is 2.71 bits per heavy atom. The molecule has 17 heavy (non-hydrogen) atoms. The summed E-state index contributed by atoms with van der Waals surface area (Å²) in [5, 5.41) is 4.62. The lowest BCUT2D eigenvalue weighted by Gasteiger charge is -2.05. The Balaban J connectivity index is 2.42. The van der Waals surface area contributed by atoms with Crippen molar-refractivity contribution in [3.63, 3.8) is 0 Å². The molecule has 0 aliphatic rings. The molecule has 0 amide bonds. The molecule has 1 N–H and O–H groups in total. The monoisotopic (exact) mass is 230 g/mol. The predicted molar refractivity (Wildman–Crippen MR) is 74.6 cm³/mol. The van der Waals surface area contributed by atoms with Crippen molar-refractivity contribution in [3.8, 4) is 0 Å². The highest BCUT2D eigenvalue weighted by atomic mass is 14.9. The molecule has 1 aromatic heterocycles. The van der Waals surface area contributed by atoms with Gasteiger partial charge in [0, 0.05) is 23.6 Å². The van der Waals surface area contributed by atoms with Gasteiger partial charge in [0.15, 0.2) is 0 Å². The number of hydrogen-bond acceptors (Lipinski definition) is 1. The number of nitrogens with zero attached hydrogens (tertiary/aromatic N) is 1. The molecule has 0 saturated carbocycles. The molecule has 1 heterocycles. The van der Waals surface area contributed by atoms with Gasteiger partial charge in [0.2, 0.25) is 0 Å². The van der Waals surface area contributed by atoms with Gasteiger partial charge in [-0.25, -0.2) is 0 Å². The molecule has 0 bridgehead atoms. The molecule has 0 atom stereocenters. The number of nitrogens with one attached hydrogen (secondary N) is 1. The fourth-order valence-electron chi connectivity index (χ4n) is 2.58. The molecule has 92 valence electrons. The van der Waals surface area contributed by atoms with Crippen LogP contribution in [0.5, 0.6) is 0 Å². The summed E-state index contributed by atoms with van der Waals surface area (Å²) in [7, 11) is 4.19. The van der Waals surface area contributed by atoms with Crippen molar-refractivity contribution in [2.45, 2.75) is 26.7 Å². The first-order valence-corrected chi connectivity index (χ1v) is 6.34. The Bertz CT molecular complexity index is 523. The minimum absolute atomic E-state index is 1.08. The number of fused-ring (bicyclic) bond motifs is 1. The number of hydrogen-bond donors (Lipinski definition) is 1. The van der Waals surface area contributed by atoms with Gasteiger partial charge in [-0.1, -0.05) is 11.6 Å². The zero-order valence-electron chi connectivity index (χ0n) is 11.3. The summed E-state index contributed by atoms with van der Waals surface area (Å²) < 4.78 is 2.35. The topological polar surface area (TPSA) is 17.0 Å². The summed E-state index contributed by atoms with van der Waals surface area (Å²) in [5.41, 5.74) is 5.61. The number of rotatable bonds is 4. The Morgan fingerprint density at radius 1 is 1.24 bits per heavy atom. The summed E-state index contributed by atoms with van der Waals surface area (Å²) in [6.07, 6.45) is 2.34. The lowest BCUT2D eigenvalue weighted by atomic mass is 10.1. The molecule has 0 spiro atoms. The van der Waals surface area contributed by atoms with Crippen molar-refractivity contribution in [3.05, 3.63) is 35.0 Å². The van der Waals surface area contributed by atoms with E-state index in [2.05, 4.69) is 49.0 Å². The first-order valence-electron chi connectivity index (χ1n) is 6.34. The highest BCUT2D eigenvalue weighted by molar-refractivity contribution is 5.85. The molecule has 0 aliphatic heterocycles. The van der Waals surface area contributed by atoms with Crippen LogP contribution in [0.2, 0.25) is 0 Å². The summed E-state index contributed by atoms with van der Waals surface area (Å²) >= 11 is 0. The van der Waals surface area contributed by atoms with Crippen LogP contribution in [0.25, 0.3) is 10.9 Å². The van der Waals surface area contributed by atoms with Gasteiger partial charge in [-0.2, -0.15) is 0 Å². The van der Waals surface area contributed by atoms with Gasteiger partial charge < -0.3 is 9.88 Å². The zero-order valence-corrected chi connectivity index (χ0v) is 11.3. The van der Waals surface area contributed by atoms with Crippen LogP contribution in [0.1, 0.15) is 23.2 Å². The van der Waals surface area contributed by atoms with Gasteiger partial charge in [-0.05, 0) is 58.0 Å². The average Bonchev–Trinajstić information content (AvgIpc) is 2.54. The summed E-state index contributed by atoms with van der Waals surface area (Å²) in [6.45, 7) is 5.49. The Kier molecular flexibility index (Phi) is 3.53. The maximum absolute atomic E-state index is 3.21. The van der Waals surface area contributed by atoms with Gasteiger partial charge in [0.05, 0.1) is 0 Å². The van der Waals surface area contributed by atoms with Gasteiger partial charge >= 0.3 is 0 Å². The molecule has 2 rings (SSSR count). The summed E-state index contributed by atoms with van der Waals surface area (Å²) in [6, 6.07) is 6.73. The number of aromatic nitrogens is 1. The first-order chi connectivity index (χ1) is 8.15. The van der Waals surface area contributed by atoms with E-state index in [1.54, 1.807) is 0 Å². The van der Waals surface area contributed by atoms with Crippen LogP contribution in [0.4, 0.5) is 0 Å². The second kappa shape index (κ2) is 4.92. The lowest BCUT2D eigenvalue weighted by Crippen LogP contribution is -2.09. The van der Waals surface area contributed by atoms with E-state index >= 15 is 0 Å². The molecule has 0 aliphatic carbocycles. The third-order valence-corrected chi connectivity index (χ3v) is 3.60. The fraction of sp³-hybridized carbons (Fsp3) is 0.467. The third-order valence-electron chi connectivity index (χ3n) is 3.60. The maximum Gasteiger partial charge on any atom is 0.0482 e. The number of aryl methyl sites for hydroxylation is 3. The summed E-state index contributed by atoms with van der Waals surface area (Å²) in [5.74, 6) is 0.